The summed E-state index contributed by atoms with van der Waals surface area (Å²) in [6, 6.07) is 8.37. The van der Waals surface area contributed by atoms with E-state index in [0.717, 1.165) is 51.4 Å². The minimum Gasteiger partial charge on any atom is -0.488 e. The van der Waals surface area contributed by atoms with Gasteiger partial charge in [-0.1, -0.05) is 18.2 Å². The van der Waals surface area contributed by atoms with Gasteiger partial charge in [-0.05, 0) is 31.1 Å². The van der Waals surface area contributed by atoms with Crippen LogP contribution in [0.3, 0.4) is 0 Å². The smallest absolute Gasteiger partial charge is 0.123 e. The van der Waals surface area contributed by atoms with Crippen LogP contribution in [0.1, 0.15) is 12.0 Å². The van der Waals surface area contributed by atoms with Crippen molar-refractivity contribution in [1.29, 1.82) is 0 Å². The number of hydrogen-bond donors (Lipinski definition) is 1. The lowest BCUT2D eigenvalue weighted by atomic mass is 10.1. The van der Waals surface area contributed by atoms with Crippen LogP contribution in [0.5, 0.6) is 5.75 Å². The summed E-state index contributed by atoms with van der Waals surface area (Å²) in [6.07, 6.45) is 2.52. The van der Waals surface area contributed by atoms with Crippen molar-refractivity contribution < 1.29 is 9.84 Å². The van der Waals surface area contributed by atoms with E-state index < -0.39 is 0 Å². The highest BCUT2D eigenvalue weighted by molar-refractivity contribution is 5.37. The van der Waals surface area contributed by atoms with Crippen LogP contribution in [0.15, 0.2) is 24.3 Å². The van der Waals surface area contributed by atoms with E-state index >= 15 is 0 Å². The zero-order chi connectivity index (χ0) is 13.8. The van der Waals surface area contributed by atoms with Gasteiger partial charge in [0, 0.05) is 32.6 Å². The Morgan fingerprint density at radius 2 is 1.90 bits per heavy atom. The topological polar surface area (TPSA) is 35.9 Å². The summed E-state index contributed by atoms with van der Waals surface area (Å²) < 4.78 is 6.03. The molecule has 4 heteroatoms. The predicted molar refractivity (Wildman–Crippen MR) is 79.1 cm³/mol. The lowest BCUT2D eigenvalue weighted by Gasteiger charge is -2.24. The highest BCUT2D eigenvalue weighted by atomic mass is 16.5. The Hall–Kier alpha value is -1.10. The van der Waals surface area contributed by atoms with Gasteiger partial charge < -0.3 is 9.84 Å². The number of nitrogens with zero attached hydrogens (tertiary/aromatic N) is 2. The van der Waals surface area contributed by atoms with Gasteiger partial charge >= 0.3 is 0 Å². The molecule has 0 amide bonds. The maximum absolute atomic E-state index is 9.03. The molecular weight excluding hydrogens is 252 g/mol. The quantitative estimate of drug-likeness (QED) is 0.890. The molecule has 1 unspecified atom stereocenters. The molecule has 0 aromatic heterocycles. The first kappa shape index (κ1) is 13.9. The van der Waals surface area contributed by atoms with Crippen LogP contribution >= 0.6 is 0 Å². The van der Waals surface area contributed by atoms with Crippen LogP contribution in [-0.2, 0) is 6.42 Å². The van der Waals surface area contributed by atoms with Crippen molar-refractivity contribution in [2.45, 2.75) is 18.9 Å². The molecule has 1 fully saturated rings. The molecule has 0 bridgehead atoms. The van der Waals surface area contributed by atoms with E-state index in [1.54, 1.807) is 0 Å². The first-order chi connectivity index (χ1) is 9.85. The van der Waals surface area contributed by atoms with E-state index in [1.165, 1.54) is 12.0 Å². The molecule has 0 saturated carbocycles. The van der Waals surface area contributed by atoms with E-state index in [0.29, 0.717) is 6.10 Å². The summed E-state index contributed by atoms with van der Waals surface area (Å²) in [7, 11) is 0. The highest BCUT2D eigenvalue weighted by Gasteiger charge is 2.25. The number of aliphatic hydroxyl groups excluding tert-OH is 1. The van der Waals surface area contributed by atoms with Gasteiger partial charge in [-0.25, -0.2) is 0 Å². The average Bonchev–Trinajstić information content (AvgIpc) is 2.73. The Labute approximate surface area is 120 Å². The second-order valence-corrected chi connectivity index (χ2v) is 5.77. The Morgan fingerprint density at radius 3 is 2.75 bits per heavy atom. The van der Waals surface area contributed by atoms with Gasteiger partial charge in [0.25, 0.3) is 0 Å². The maximum atomic E-state index is 9.03. The third kappa shape index (κ3) is 3.32. The number of hydrogen-bond acceptors (Lipinski definition) is 4. The fourth-order valence-electron chi connectivity index (χ4n) is 3.22. The zero-order valence-corrected chi connectivity index (χ0v) is 12.0. The summed E-state index contributed by atoms with van der Waals surface area (Å²) in [5.41, 5.74) is 1.34. The number of para-hydroxylation sites is 1. The molecule has 1 saturated heterocycles. The molecule has 1 aromatic carbocycles. The van der Waals surface area contributed by atoms with Crippen LogP contribution < -0.4 is 4.74 Å². The molecule has 4 nitrogen and oxygen atoms in total. The molecule has 110 valence electrons. The molecule has 20 heavy (non-hydrogen) atoms. The van der Waals surface area contributed by atoms with Crippen molar-refractivity contribution in [3.8, 4) is 5.75 Å². The van der Waals surface area contributed by atoms with Gasteiger partial charge in [0.15, 0.2) is 0 Å². The van der Waals surface area contributed by atoms with Gasteiger partial charge in [-0.2, -0.15) is 0 Å². The maximum Gasteiger partial charge on any atom is 0.123 e. The van der Waals surface area contributed by atoms with Gasteiger partial charge in [0.2, 0.25) is 0 Å². The predicted octanol–water partition coefficient (Wildman–Crippen LogP) is 0.990. The summed E-state index contributed by atoms with van der Waals surface area (Å²) in [4.78, 5) is 4.86. The third-order valence-corrected chi connectivity index (χ3v) is 4.27. The van der Waals surface area contributed by atoms with E-state index in [-0.39, 0.29) is 6.61 Å². The first-order valence-corrected chi connectivity index (χ1v) is 7.65. The molecule has 1 aromatic rings. The Bertz CT molecular complexity index is 413. The van der Waals surface area contributed by atoms with Crippen molar-refractivity contribution >= 4 is 0 Å². The van der Waals surface area contributed by atoms with Crippen molar-refractivity contribution in [3.63, 3.8) is 0 Å². The summed E-state index contributed by atoms with van der Waals surface area (Å²) in [5.74, 6) is 1.06. The number of fused-ring (bicyclic) bond motifs is 1. The molecule has 3 rings (SSSR count). The van der Waals surface area contributed by atoms with Crippen molar-refractivity contribution in [2.75, 3.05) is 45.9 Å². The average molecular weight is 276 g/mol. The Kier molecular flexibility index (Phi) is 4.55. The van der Waals surface area contributed by atoms with Crippen molar-refractivity contribution in [1.82, 2.24) is 9.80 Å². The molecule has 1 atom stereocenters. The fraction of sp³-hybridized carbons (Fsp3) is 0.625. The Morgan fingerprint density at radius 1 is 1.10 bits per heavy atom. The number of β-amino-alcohol motifs (C(OH)–C–C–N with tert-alkyl or cyclic N) is 1. The van der Waals surface area contributed by atoms with Crippen LogP contribution in [-0.4, -0.2) is 66.9 Å². The number of aliphatic hydroxyl groups is 1. The minimum absolute atomic E-state index is 0.265. The van der Waals surface area contributed by atoms with Crippen LogP contribution in [0.4, 0.5) is 0 Å². The van der Waals surface area contributed by atoms with Crippen LogP contribution in [0, 0.1) is 0 Å². The summed E-state index contributed by atoms with van der Waals surface area (Å²) in [6.45, 7) is 6.46. The van der Waals surface area contributed by atoms with E-state index in [4.69, 9.17) is 9.84 Å². The number of rotatable bonds is 4. The van der Waals surface area contributed by atoms with Crippen molar-refractivity contribution in [2.24, 2.45) is 0 Å². The lowest BCUT2D eigenvalue weighted by molar-refractivity contribution is 0.149. The van der Waals surface area contributed by atoms with Crippen LogP contribution in [0.25, 0.3) is 0 Å². The molecule has 0 aliphatic carbocycles. The SMILES string of the molecule is OCCN1CCCN(CC2Cc3ccccc3O2)CC1. The monoisotopic (exact) mass is 276 g/mol. The number of benzene rings is 1. The third-order valence-electron chi connectivity index (χ3n) is 4.27. The van der Waals surface area contributed by atoms with Gasteiger partial charge in [-0.3, -0.25) is 9.80 Å². The molecule has 1 N–H and O–H groups in total. The minimum atomic E-state index is 0.265. The second-order valence-electron chi connectivity index (χ2n) is 5.77. The van der Waals surface area contributed by atoms with Crippen LogP contribution in [0.2, 0.25) is 0 Å². The van der Waals surface area contributed by atoms with E-state index in [9.17, 15) is 0 Å². The highest BCUT2D eigenvalue weighted by Crippen LogP contribution is 2.28. The lowest BCUT2D eigenvalue weighted by Crippen LogP contribution is -2.38. The van der Waals surface area contributed by atoms with E-state index in [2.05, 4.69) is 28.0 Å². The fourth-order valence-corrected chi connectivity index (χ4v) is 3.22. The molecule has 2 heterocycles. The zero-order valence-electron chi connectivity index (χ0n) is 12.0. The van der Waals surface area contributed by atoms with Gasteiger partial charge in [0.05, 0.1) is 6.61 Å². The molecule has 0 spiro atoms. The molecule has 2 aliphatic rings. The molecule has 0 radical (unpaired) electrons. The van der Waals surface area contributed by atoms with Crippen molar-refractivity contribution in [3.05, 3.63) is 29.8 Å². The first-order valence-electron chi connectivity index (χ1n) is 7.65. The normalized spacial score (nSPS) is 24.1. The van der Waals surface area contributed by atoms with Gasteiger partial charge in [-0.15, -0.1) is 0 Å². The molecule has 2 aliphatic heterocycles. The largest absolute Gasteiger partial charge is 0.488 e. The standard InChI is InChI=1S/C16H24N2O2/c19-11-10-17-6-3-7-18(9-8-17)13-15-12-14-4-1-2-5-16(14)20-15/h1-2,4-5,15,19H,3,6-13H2. The summed E-state index contributed by atoms with van der Waals surface area (Å²) in [5, 5.41) is 9.03. The second kappa shape index (κ2) is 6.57. The molecular formula is C16H24N2O2. The Balaban J connectivity index is 1.50. The van der Waals surface area contributed by atoms with Gasteiger partial charge in [0.1, 0.15) is 11.9 Å². The summed E-state index contributed by atoms with van der Waals surface area (Å²) >= 11 is 0. The van der Waals surface area contributed by atoms with E-state index in [1.807, 2.05) is 6.07 Å². The number of ether oxygens (including phenoxy) is 1.